The summed E-state index contributed by atoms with van der Waals surface area (Å²) in [6.45, 7) is 4.99. The van der Waals surface area contributed by atoms with Crippen LogP contribution in [0.15, 0.2) is 35.3 Å². The van der Waals surface area contributed by atoms with Gasteiger partial charge in [0.25, 0.3) is 5.91 Å². The summed E-state index contributed by atoms with van der Waals surface area (Å²) in [7, 11) is 0. The fourth-order valence-corrected chi connectivity index (χ4v) is 4.33. The Morgan fingerprint density at radius 3 is 2.72 bits per heavy atom. The van der Waals surface area contributed by atoms with Crippen molar-refractivity contribution in [2.24, 2.45) is 10.9 Å². The van der Waals surface area contributed by atoms with Crippen LogP contribution in [0.3, 0.4) is 0 Å². The molecule has 0 aliphatic carbocycles. The van der Waals surface area contributed by atoms with Gasteiger partial charge in [0.2, 0.25) is 5.91 Å². The van der Waals surface area contributed by atoms with Gasteiger partial charge in [-0.05, 0) is 31.9 Å². The monoisotopic (exact) mass is 394 g/mol. The minimum Gasteiger partial charge on any atom is -0.354 e. The van der Waals surface area contributed by atoms with Crippen molar-refractivity contribution in [1.82, 2.24) is 20.0 Å². The number of carbonyl (C=O) groups excluding carboxylic acids is 2. The van der Waals surface area contributed by atoms with Crippen LogP contribution in [0.2, 0.25) is 0 Å². The van der Waals surface area contributed by atoms with Gasteiger partial charge >= 0.3 is 0 Å². The molecule has 2 saturated heterocycles. The van der Waals surface area contributed by atoms with Crippen molar-refractivity contribution in [3.8, 4) is 6.19 Å². The van der Waals surface area contributed by atoms with Crippen molar-refractivity contribution in [3.05, 3.63) is 35.9 Å². The predicted octanol–water partition coefficient (Wildman–Crippen LogP) is 0.880. The van der Waals surface area contributed by atoms with Crippen LogP contribution in [-0.4, -0.2) is 77.3 Å². The van der Waals surface area contributed by atoms with Gasteiger partial charge in [-0.15, -0.1) is 0 Å². The molecule has 3 aliphatic rings. The van der Waals surface area contributed by atoms with E-state index in [2.05, 4.69) is 21.4 Å². The van der Waals surface area contributed by atoms with Crippen molar-refractivity contribution in [2.45, 2.75) is 31.5 Å². The lowest BCUT2D eigenvalue weighted by Crippen LogP contribution is -2.51. The number of amides is 2. The highest BCUT2D eigenvalue weighted by atomic mass is 16.2. The molecule has 29 heavy (non-hydrogen) atoms. The van der Waals surface area contributed by atoms with Gasteiger partial charge in [0.15, 0.2) is 6.19 Å². The molecule has 0 spiro atoms. The van der Waals surface area contributed by atoms with E-state index in [1.54, 1.807) is 11.2 Å². The summed E-state index contributed by atoms with van der Waals surface area (Å²) < 4.78 is 0. The summed E-state index contributed by atoms with van der Waals surface area (Å²) >= 11 is 0. The second kappa shape index (κ2) is 7.74. The average Bonchev–Trinajstić information content (AvgIpc) is 3.47. The van der Waals surface area contributed by atoms with E-state index in [4.69, 9.17) is 5.26 Å². The number of nitriles is 1. The first-order valence-electron chi connectivity index (χ1n) is 10.1. The molecule has 1 N–H and O–H groups in total. The lowest BCUT2D eigenvalue weighted by molar-refractivity contribution is -0.126. The fourth-order valence-electron chi connectivity index (χ4n) is 4.33. The number of rotatable bonds is 4. The molecule has 2 amide bonds. The van der Waals surface area contributed by atoms with E-state index in [-0.39, 0.29) is 23.8 Å². The Morgan fingerprint density at radius 2 is 2.00 bits per heavy atom. The Balaban J connectivity index is 1.31. The van der Waals surface area contributed by atoms with E-state index in [1.165, 1.54) is 0 Å². The van der Waals surface area contributed by atoms with E-state index in [0.717, 1.165) is 13.0 Å². The molecule has 2 unspecified atom stereocenters. The number of hydrogen-bond donors (Lipinski definition) is 1. The molecule has 0 saturated carbocycles. The molecule has 3 atom stereocenters. The molecule has 1 aromatic carbocycles. The molecule has 0 aromatic heterocycles. The predicted molar refractivity (Wildman–Crippen MR) is 108 cm³/mol. The van der Waals surface area contributed by atoms with Gasteiger partial charge in [0.05, 0.1) is 18.8 Å². The van der Waals surface area contributed by atoms with Crippen molar-refractivity contribution in [1.29, 1.82) is 5.26 Å². The van der Waals surface area contributed by atoms with Gasteiger partial charge in [-0.1, -0.05) is 18.2 Å². The minimum absolute atomic E-state index is 0.0449. The van der Waals surface area contributed by atoms with E-state index < -0.39 is 5.66 Å². The zero-order chi connectivity index (χ0) is 20.4. The van der Waals surface area contributed by atoms with Gasteiger partial charge in [-0.2, -0.15) is 5.26 Å². The molecule has 8 nitrogen and oxygen atoms in total. The topological polar surface area (TPSA) is 92.0 Å². The van der Waals surface area contributed by atoms with E-state index >= 15 is 0 Å². The SMILES string of the molecule is CC1(NC(=O)[C@H]2CCN(C#N)C2)CN(C2CCN(C(=O)c3ccccc3)C2)C=N1. The quantitative estimate of drug-likeness (QED) is 0.766. The molecule has 1 aromatic rings. The third-order valence-corrected chi connectivity index (χ3v) is 6.01. The number of nitrogens with zero attached hydrogens (tertiary/aromatic N) is 5. The lowest BCUT2D eigenvalue weighted by Gasteiger charge is -2.29. The highest BCUT2D eigenvalue weighted by molar-refractivity contribution is 5.94. The molecule has 8 heteroatoms. The average molecular weight is 394 g/mol. The third kappa shape index (κ3) is 4.04. The van der Waals surface area contributed by atoms with Crippen molar-refractivity contribution < 1.29 is 9.59 Å². The fraction of sp³-hybridized carbons (Fsp3) is 0.524. The van der Waals surface area contributed by atoms with Crippen LogP contribution in [-0.2, 0) is 4.79 Å². The van der Waals surface area contributed by atoms with Crippen LogP contribution in [0.4, 0.5) is 0 Å². The largest absolute Gasteiger partial charge is 0.354 e. The maximum Gasteiger partial charge on any atom is 0.253 e. The molecule has 3 heterocycles. The molecular weight excluding hydrogens is 368 g/mol. The Labute approximate surface area is 170 Å². The maximum atomic E-state index is 12.7. The molecule has 0 radical (unpaired) electrons. The van der Waals surface area contributed by atoms with Crippen LogP contribution < -0.4 is 5.32 Å². The van der Waals surface area contributed by atoms with Gasteiger partial charge in [0.1, 0.15) is 5.66 Å². The molecule has 4 rings (SSSR count). The number of aliphatic imine (C=N–C) groups is 1. The number of benzene rings is 1. The highest BCUT2D eigenvalue weighted by Gasteiger charge is 2.39. The number of likely N-dealkylation sites (tertiary alicyclic amines) is 2. The maximum absolute atomic E-state index is 12.7. The molecule has 152 valence electrons. The van der Waals surface area contributed by atoms with E-state index in [0.29, 0.717) is 38.2 Å². The molecule has 0 bridgehead atoms. The Hall–Kier alpha value is -3.08. The summed E-state index contributed by atoms with van der Waals surface area (Å²) in [5.74, 6) is -0.152. The van der Waals surface area contributed by atoms with Gasteiger partial charge in [-0.3, -0.25) is 9.59 Å². The first-order valence-corrected chi connectivity index (χ1v) is 10.1. The first-order chi connectivity index (χ1) is 14.0. The van der Waals surface area contributed by atoms with E-state index in [1.807, 2.05) is 42.2 Å². The smallest absolute Gasteiger partial charge is 0.253 e. The summed E-state index contributed by atoms with van der Waals surface area (Å²) in [6, 6.07) is 9.55. The number of nitrogens with one attached hydrogen (secondary N) is 1. The van der Waals surface area contributed by atoms with E-state index in [9.17, 15) is 9.59 Å². The standard InChI is InChI=1S/C21H26N6O2/c1-21(24-19(28)17-7-9-25(11-17)14-22)13-27(15-23-21)18-8-10-26(12-18)20(29)16-5-3-2-4-6-16/h2-6,15,17-18H,7-13H2,1H3,(H,24,28)/t17-,18?,21?/m0/s1. The van der Waals surface area contributed by atoms with Crippen molar-refractivity contribution >= 4 is 18.2 Å². The summed E-state index contributed by atoms with van der Waals surface area (Å²) in [5, 5.41) is 12.0. The second-order valence-electron chi connectivity index (χ2n) is 8.27. The third-order valence-electron chi connectivity index (χ3n) is 6.01. The Bertz CT molecular complexity index is 850. The first kappa shape index (κ1) is 19.2. The zero-order valence-electron chi connectivity index (χ0n) is 16.6. The molecule has 2 fully saturated rings. The normalized spacial score (nSPS) is 28.6. The Kier molecular flexibility index (Phi) is 5.14. The Morgan fingerprint density at radius 1 is 1.21 bits per heavy atom. The van der Waals surface area contributed by atoms with Crippen LogP contribution in [0.25, 0.3) is 0 Å². The molecular formula is C21H26N6O2. The van der Waals surface area contributed by atoms with Crippen LogP contribution in [0, 0.1) is 17.4 Å². The summed E-state index contributed by atoms with van der Waals surface area (Å²) in [4.78, 5) is 35.5. The number of hydrogen-bond acceptors (Lipinski definition) is 6. The zero-order valence-corrected chi connectivity index (χ0v) is 16.6. The lowest BCUT2D eigenvalue weighted by atomic mass is 10.1. The van der Waals surface area contributed by atoms with Gasteiger partial charge in [0, 0.05) is 37.8 Å². The van der Waals surface area contributed by atoms with Crippen LogP contribution >= 0.6 is 0 Å². The second-order valence-corrected chi connectivity index (χ2v) is 8.27. The highest BCUT2D eigenvalue weighted by Crippen LogP contribution is 2.24. The number of carbonyl (C=O) groups is 2. The minimum atomic E-state index is -0.673. The van der Waals surface area contributed by atoms with Gasteiger partial charge in [-0.25, -0.2) is 4.99 Å². The summed E-state index contributed by atoms with van der Waals surface area (Å²) in [6.07, 6.45) is 5.49. The summed E-state index contributed by atoms with van der Waals surface area (Å²) in [5.41, 5.74) is 0.0388. The van der Waals surface area contributed by atoms with Gasteiger partial charge < -0.3 is 20.0 Å². The van der Waals surface area contributed by atoms with Crippen LogP contribution in [0.1, 0.15) is 30.1 Å². The van der Waals surface area contributed by atoms with Crippen LogP contribution in [0.5, 0.6) is 0 Å². The molecule has 3 aliphatic heterocycles. The van der Waals surface area contributed by atoms with Crippen molar-refractivity contribution in [3.63, 3.8) is 0 Å². The van der Waals surface area contributed by atoms with Crippen molar-refractivity contribution in [2.75, 3.05) is 32.7 Å².